The van der Waals surface area contributed by atoms with Crippen LogP contribution < -0.4 is 0 Å². The Labute approximate surface area is 137 Å². The number of aromatic nitrogens is 3. The van der Waals surface area contributed by atoms with E-state index in [1.165, 1.54) is 5.56 Å². The highest BCUT2D eigenvalue weighted by atomic mass is 32.2. The highest BCUT2D eigenvalue weighted by Crippen LogP contribution is 2.28. The fourth-order valence-corrected chi connectivity index (χ4v) is 3.77. The van der Waals surface area contributed by atoms with Crippen LogP contribution in [0.4, 0.5) is 0 Å². The fourth-order valence-electron chi connectivity index (χ4n) is 2.09. The summed E-state index contributed by atoms with van der Waals surface area (Å²) in [5, 5.41) is 20.4. The van der Waals surface area contributed by atoms with Crippen LogP contribution in [-0.4, -0.2) is 14.8 Å². The van der Waals surface area contributed by atoms with Crippen molar-refractivity contribution in [3.05, 3.63) is 52.9 Å². The van der Waals surface area contributed by atoms with Crippen LogP contribution in [0.15, 0.2) is 46.9 Å². The number of thiophene rings is 1. The minimum Gasteiger partial charge on any atom is -0.302 e. The molecule has 0 saturated heterocycles. The van der Waals surface area contributed by atoms with E-state index in [-0.39, 0.29) is 0 Å². The molecular formula is C16H14N4S2. The van der Waals surface area contributed by atoms with E-state index in [1.54, 1.807) is 23.1 Å². The lowest BCUT2D eigenvalue weighted by Crippen LogP contribution is -1.99. The Bertz CT molecular complexity index is 783. The van der Waals surface area contributed by atoms with Crippen LogP contribution in [0.3, 0.4) is 0 Å². The van der Waals surface area contributed by atoms with Crippen molar-refractivity contribution in [1.29, 1.82) is 5.26 Å². The molecule has 2 aromatic heterocycles. The average Bonchev–Trinajstić information content (AvgIpc) is 3.22. The van der Waals surface area contributed by atoms with Gasteiger partial charge in [0.05, 0.1) is 16.5 Å². The molecule has 1 aromatic carbocycles. The SMILES string of the molecule is CCn1c(SCc2ccc(C#N)cc2)nnc1-c1cccs1. The van der Waals surface area contributed by atoms with E-state index in [1.807, 2.05) is 35.7 Å². The van der Waals surface area contributed by atoms with Gasteiger partial charge in [0.15, 0.2) is 11.0 Å². The van der Waals surface area contributed by atoms with Gasteiger partial charge < -0.3 is 4.57 Å². The number of hydrogen-bond donors (Lipinski definition) is 0. The molecule has 0 spiro atoms. The monoisotopic (exact) mass is 326 g/mol. The average molecular weight is 326 g/mol. The van der Waals surface area contributed by atoms with Gasteiger partial charge in [-0.2, -0.15) is 5.26 Å². The standard InChI is InChI=1S/C16H14N4S2/c1-2-20-15(14-4-3-9-21-14)18-19-16(20)22-11-13-7-5-12(10-17)6-8-13/h3-9H,2,11H2,1H3. The molecule has 4 nitrogen and oxygen atoms in total. The van der Waals surface area contributed by atoms with E-state index in [4.69, 9.17) is 5.26 Å². The molecule has 0 aliphatic rings. The van der Waals surface area contributed by atoms with E-state index >= 15 is 0 Å². The molecular weight excluding hydrogens is 312 g/mol. The Hall–Kier alpha value is -2.10. The fraction of sp³-hybridized carbons (Fsp3) is 0.188. The van der Waals surface area contributed by atoms with Crippen molar-refractivity contribution < 1.29 is 0 Å². The van der Waals surface area contributed by atoms with Gasteiger partial charge in [-0.3, -0.25) is 0 Å². The first-order chi connectivity index (χ1) is 10.8. The molecule has 0 radical (unpaired) electrons. The van der Waals surface area contributed by atoms with Gasteiger partial charge in [-0.1, -0.05) is 30.0 Å². The van der Waals surface area contributed by atoms with Gasteiger partial charge in [-0.15, -0.1) is 21.5 Å². The maximum Gasteiger partial charge on any atom is 0.191 e. The predicted molar refractivity (Wildman–Crippen MR) is 89.7 cm³/mol. The van der Waals surface area contributed by atoms with Gasteiger partial charge in [0.25, 0.3) is 0 Å². The smallest absolute Gasteiger partial charge is 0.191 e. The quantitative estimate of drug-likeness (QED) is 0.660. The van der Waals surface area contributed by atoms with Gasteiger partial charge >= 0.3 is 0 Å². The summed E-state index contributed by atoms with van der Waals surface area (Å²) >= 11 is 3.34. The van der Waals surface area contributed by atoms with E-state index in [0.29, 0.717) is 5.56 Å². The normalized spacial score (nSPS) is 10.5. The summed E-state index contributed by atoms with van der Waals surface area (Å²) in [7, 11) is 0. The summed E-state index contributed by atoms with van der Waals surface area (Å²) in [6.45, 7) is 2.95. The maximum atomic E-state index is 8.82. The lowest BCUT2D eigenvalue weighted by molar-refractivity contribution is 0.688. The molecule has 0 fully saturated rings. The van der Waals surface area contributed by atoms with E-state index in [9.17, 15) is 0 Å². The maximum absolute atomic E-state index is 8.82. The number of rotatable bonds is 5. The summed E-state index contributed by atoms with van der Waals surface area (Å²) in [4.78, 5) is 1.14. The molecule has 3 aromatic rings. The molecule has 110 valence electrons. The third-order valence-corrected chi connectivity index (χ3v) is 5.13. The van der Waals surface area contributed by atoms with Gasteiger partial charge in [-0.05, 0) is 36.1 Å². The molecule has 6 heteroatoms. The minimum atomic E-state index is 0.686. The molecule has 0 saturated carbocycles. The van der Waals surface area contributed by atoms with Crippen LogP contribution in [0.1, 0.15) is 18.1 Å². The third kappa shape index (κ3) is 3.06. The molecule has 0 N–H and O–H groups in total. The van der Waals surface area contributed by atoms with Crippen LogP contribution in [0, 0.1) is 11.3 Å². The van der Waals surface area contributed by atoms with Crippen LogP contribution in [0.5, 0.6) is 0 Å². The van der Waals surface area contributed by atoms with Crippen LogP contribution in [0.2, 0.25) is 0 Å². The molecule has 0 bridgehead atoms. The van der Waals surface area contributed by atoms with E-state index in [0.717, 1.165) is 28.2 Å². The zero-order chi connectivity index (χ0) is 15.4. The van der Waals surface area contributed by atoms with Crippen molar-refractivity contribution in [3.63, 3.8) is 0 Å². The van der Waals surface area contributed by atoms with E-state index < -0.39 is 0 Å². The molecule has 2 heterocycles. The molecule has 22 heavy (non-hydrogen) atoms. The third-order valence-electron chi connectivity index (χ3n) is 3.23. The summed E-state index contributed by atoms with van der Waals surface area (Å²) in [5.74, 6) is 1.74. The van der Waals surface area contributed by atoms with Crippen molar-refractivity contribution in [1.82, 2.24) is 14.8 Å². The second kappa shape index (κ2) is 6.77. The Balaban J connectivity index is 1.76. The summed E-state index contributed by atoms with van der Waals surface area (Å²) in [5.41, 5.74) is 1.86. The van der Waals surface area contributed by atoms with E-state index in [2.05, 4.69) is 33.8 Å². The largest absolute Gasteiger partial charge is 0.302 e. The second-order valence-electron chi connectivity index (χ2n) is 4.63. The van der Waals surface area contributed by atoms with Crippen LogP contribution >= 0.6 is 23.1 Å². The highest BCUT2D eigenvalue weighted by molar-refractivity contribution is 7.98. The number of hydrogen-bond acceptors (Lipinski definition) is 5. The highest BCUT2D eigenvalue weighted by Gasteiger charge is 2.13. The number of benzene rings is 1. The Kier molecular flexibility index (Phi) is 4.56. The molecule has 0 amide bonds. The summed E-state index contributed by atoms with van der Waals surface area (Å²) in [6, 6.07) is 13.9. The molecule has 0 aliphatic heterocycles. The Morgan fingerprint density at radius 2 is 2.05 bits per heavy atom. The zero-order valence-corrected chi connectivity index (χ0v) is 13.7. The Morgan fingerprint density at radius 3 is 2.68 bits per heavy atom. The van der Waals surface area contributed by atoms with Crippen molar-refractivity contribution in [2.45, 2.75) is 24.4 Å². The number of thioether (sulfide) groups is 1. The summed E-state index contributed by atoms with van der Waals surface area (Å²) in [6.07, 6.45) is 0. The first-order valence-electron chi connectivity index (χ1n) is 6.90. The van der Waals surface area contributed by atoms with Crippen LogP contribution in [-0.2, 0) is 12.3 Å². The van der Waals surface area contributed by atoms with Crippen molar-refractivity contribution in [2.75, 3.05) is 0 Å². The molecule has 0 unspecified atom stereocenters. The lowest BCUT2D eigenvalue weighted by atomic mass is 10.2. The molecule has 0 atom stereocenters. The first-order valence-corrected chi connectivity index (χ1v) is 8.77. The predicted octanol–water partition coefficient (Wildman–Crippen LogP) is 4.19. The summed E-state index contributed by atoms with van der Waals surface area (Å²) < 4.78 is 2.14. The minimum absolute atomic E-state index is 0.686. The van der Waals surface area contributed by atoms with Crippen LogP contribution in [0.25, 0.3) is 10.7 Å². The molecule has 3 rings (SSSR count). The first kappa shape index (κ1) is 14.8. The topological polar surface area (TPSA) is 54.5 Å². The number of nitriles is 1. The van der Waals surface area contributed by atoms with Crippen molar-refractivity contribution >= 4 is 23.1 Å². The van der Waals surface area contributed by atoms with Gasteiger partial charge in [-0.25, -0.2) is 0 Å². The van der Waals surface area contributed by atoms with Gasteiger partial charge in [0.1, 0.15) is 0 Å². The lowest BCUT2D eigenvalue weighted by Gasteiger charge is -2.06. The van der Waals surface area contributed by atoms with Gasteiger partial charge in [0.2, 0.25) is 0 Å². The number of nitrogens with zero attached hydrogens (tertiary/aromatic N) is 4. The molecule has 0 aliphatic carbocycles. The second-order valence-corrected chi connectivity index (χ2v) is 6.52. The van der Waals surface area contributed by atoms with Crippen molar-refractivity contribution in [3.8, 4) is 16.8 Å². The zero-order valence-electron chi connectivity index (χ0n) is 12.1. The van der Waals surface area contributed by atoms with Gasteiger partial charge in [0, 0.05) is 12.3 Å². The Morgan fingerprint density at radius 1 is 1.23 bits per heavy atom. The van der Waals surface area contributed by atoms with Crippen molar-refractivity contribution in [2.24, 2.45) is 0 Å².